The number of carbonyl (C=O) groups excluding carboxylic acids is 1. The van der Waals surface area contributed by atoms with Crippen LogP contribution in [0.2, 0.25) is 0 Å². The van der Waals surface area contributed by atoms with Crippen LogP contribution in [-0.4, -0.2) is 39.9 Å². The van der Waals surface area contributed by atoms with Crippen LogP contribution in [0.4, 0.5) is 10.5 Å². The second-order valence-electron chi connectivity index (χ2n) is 4.43. The highest BCUT2D eigenvalue weighted by Crippen LogP contribution is 2.19. The van der Waals surface area contributed by atoms with E-state index in [9.17, 15) is 13.8 Å². The molecule has 7 heteroatoms. The van der Waals surface area contributed by atoms with Crippen LogP contribution in [0.5, 0.6) is 0 Å². The molecule has 0 saturated carbocycles. The van der Waals surface area contributed by atoms with Crippen LogP contribution in [0.25, 0.3) is 0 Å². The molecular formula is C13H18N2O4S. The Morgan fingerprint density at radius 2 is 1.95 bits per heavy atom. The predicted molar refractivity (Wildman–Crippen MR) is 78.8 cm³/mol. The molecule has 0 radical (unpaired) electrons. The molecule has 0 aliphatic heterocycles. The Hall–Kier alpha value is -1.89. The van der Waals surface area contributed by atoms with Gasteiger partial charge in [-0.25, -0.2) is 9.59 Å². The molecule has 20 heavy (non-hydrogen) atoms. The second kappa shape index (κ2) is 7.04. The maximum absolute atomic E-state index is 11.6. The normalized spacial score (nSPS) is 11.8. The van der Waals surface area contributed by atoms with Crippen molar-refractivity contribution in [3.05, 3.63) is 28.8 Å². The lowest BCUT2D eigenvalue weighted by Crippen LogP contribution is -2.31. The molecule has 0 saturated heterocycles. The predicted octanol–water partition coefficient (Wildman–Crippen LogP) is 1.50. The number of urea groups is 1. The number of aromatic carboxylic acids is 1. The Morgan fingerprint density at radius 1 is 1.30 bits per heavy atom. The highest BCUT2D eigenvalue weighted by atomic mass is 32.2. The van der Waals surface area contributed by atoms with Gasteiger partial charge in [-0.3, -0.25) is 4.21 Å². The third-order valence-electron chi connectivity index (χ3n) is 2.83. The van der Waals surface area contributed by atoms with Gasteiger partial charge in [0.25, 0.3) is 0 Å². The van der Waals surface area contributed by atoms with Gasteiger partial charge in [-0.05, 0) is 37.1 Å². The molecule has 1 unspecified atom stereocenters. The third kappa shape index (κ3) is 4.65. The van der Waals surface area contributed by atoms with Crippen molar-refractivity contribution in [2.45, 2.75) is 13.8 Å². The van der Waals surface area contributed by atoms with Crippen molar-refractivity contribution in [1.29, 1.82) is 0 Å². The number of carboxylic acids is 1. The molecule has 0 spiro atoms. The monoisotopic (exact) mass is 298 g/mol. The standard InChI is InChI=1S/C13H18N2O4S/c1-8-6-10(7-11(9(8)2)12(16)17)15-13(18)14-4-5-20(3)19/h6-7H,4-5H2,1-3H3,(H,16,17)(H2,14,15,18). The minimum Gasteiger partial charge on any atom is -0.478 e. The van der Waals surface area contributed by atoms with Crippen molar-refractivity contribution in [2.24, 2.45) is 0 Å². The van der Waals surface area contributed by atoms with Gasteiger partial charge < -0.3 is 15.7 Å². The molecule has 2 amide bonds. The summed E-state index contributed by atoms with van der Waals surface area (Å²) in [5.74, 6) is -0.656. The lowest BCUT2D eigenvalue weighted by molar-refractivity contribution is 0.0696. The second-order valence-corrected chi connectivity index (χ2v) is 5.98. The van der Waals surface area contributed by atoms with Gasteiger partial charge in [0.2, 0.25) is 0 Å². The van der Waals surface area contributed by atoms with Crippen LogP contribution in [0.1, 0.15) is 21.5 Å². The summed E-state index contributed by atoms with van der Waals surface area (Å²) in [7, 11) is -0.965. The van der Waals surface area contributed by atoms with Crippen LogP contribution in [-0.2, 0) is 10.8 Å². The Balaban J connectivity index is 2.75. The van der Waals surface area contributed by atoms with Gasteiger partial charge in [0.1, 0.15) is 0 Å². The van der Waals surface area contributed by atoms with E-state index in [1.54, 1.807) is 26.2 Å². The number of hydrogen-bond donors (Lipinski definition) is 3. The first kappa shape index (κ1) is 16.2. The number of aryl methyl sites for hydroxylation is 1. The maximum atomic E-state index is 11.6. The molecule has 1 aromatic carbocycles. The third-order valence-corrected chi connectivity index (χ3v) is 3.61. The molecule has 0 fully saturated rings. The molecule has 1 rings (SSSR count). The maximum Gasteiger partial charge on any atom is 0.336 e. The number of amides is 2. The van der Waals surface area contributed by atoms with E-state index in [4.69, 9.17) is 5.11 Å². The minimum absolute atomic E-state index is 0.162. The number of carbonyl (C=O) groups is 2. The molecule has 6 nitrogen and oxygen atoms in total. The van der Waals surface area contributed by atoms with Crippen molar-refractivity contribution in [3.63, 3.8) is 0 Å². The van der Waals surface area contributed by atoms with Gasteiger partial charge in [0.15, 0.2) is 0 Å². The van der Waals surface area contributed by atoms with E-state index in [0.29, 0.717) is 23.5 Å². The van der Waals surface area contributed by atoms with Crippen molar-refractivity contribution in [3.8, 4) is 0 Å². The van der Waals surface area contributed by atoms with Crippen LogP contribution >= 0.6 is 0 Å². The van der Waals surface area contributed by atoms with Gasteiger partial charge in [-0.1, -0.05) is 0 Å². The number of hydrogen-bond acceptors (Lipinski definition) is 3. The number of benzene rings is 1. The highest BCUT2D eigenvalue weighted by Gasteiger charge is 2.12. The van der Waals surface area contributed by atoms with Crippen LogP contribution in [0, 0.1) is 13.8 Å². The van der Waals surface area contributed by atoms with E-state index in [0.717, 1.165) is 5.56 Å². The summed E-state index contributed by atoms with van der Waals surface area (Å²) in [4.78, 5) is 22.7. The topological polar surface area (TPSA) is 95.5 Å². The first-order valence-corrected chi connectivity index (χ1v) is 7.73. The van der Waals surface area contributed by atoms with Gasteiger partial charge in [-0.2, -0.15) is 0 Å². The fourth-order valence-electron chi connectivity index (χ4n) is 1.64. The van der Waals surface area contributed by atoms with Gasteiger partial charge in [0, 0.05) is 35.0 Å². The van der Waals surface area contributed by atoms with E-state index in [1.807, 2.05) is 0 Å². The summed E-state index contributed by atoms with van der Waals surface area (Å²) in [6.45, 7) is 3.80. The molecule has 0 aliphatic rings. The molecule has 3 N–H and O–H groups in total. The molecular weight excluding hydrogens is 280 g/mol. The number of rotatable bonds is 5. The zero-order valence-corrected chi connectivity index (χ0v) is 12.5. The summed E-state index contributed by atoms with van der Waals surface area (Å²) in [6.07, 6.45) is 1.56. The summed E-state index contributed by atoms with van der Waals surface area (Å²) < 4.78 is 10.9. The molecule has 110 valence electrons. The number of nitrogens with one attached hydrogen (secondary N) is 2. The Kier molecular flexibility index (Phi) is 5.69. The van der Waals surface area contributed by atoms with Crippen molar-refractivity contribution in [2.75, 3.05) is 23.9 Å². The molecule has 0 aromatic heterocycles. The van der Waals surface area contributed by atoms with Crippen molar-refractivity contribution in [1.82, 2.24) is 5.32 Å². The quantitative estimate of drug-likeness (QED) is 0.767. The lowest BCUT2D eigenvalue weighted by Gasteiger charge is -2.11. The Morgan fingerprint density at radius 3 is 2.50 bits per heavy atom. The van der Waals surface area contributed by atoms with E-state index in [2.05, 4.69) is 10.6 Å². The summed E-state index contributed by atoms with van der Waals surface area (Å²) >= 11 is 0. The summed E-state index contributed by atoms with van der Waals surface area (Å²) in [5, 5.41) is 14.2. The fourth-order valence-corrected chi connectivity index (χ4v) is 2.03. The Bertz CT molecular complexity index is 558. The molecule has 0 bridgehead atoms. The number of anilines is 1. The van der Waals surface area contributed by atoms with Crippen LogP contribution in [0.3, 0.4) is 0 Å². The van der Waals surface area contributed by atoms with E-state index in [-0.39, 0.29) is 5.56 Å². The Labute approximate surface area is 120 Å². The van der Waals surface area contributed by atoms with E-state index >= 15 is 0 Å². The fraction of sp³-hybridized carbons (Fsp3) is 0.385. The molecule has 0 heterocycles. The van der Waals surface area contributed by atoms with Crippen LogP contribution in [0.15, 0.2) is 12.1 Å². The van der Waals surface area contributed by atoms with Gasteiger partial charge in [-0.15, -0.1) is 0 Å². The van der Waals surface area contributed by atoms with E-state index < -0.39 is 22.8 Å². The van der Waals surface area contributed by atoms with E-state index in [1.165, 1.54) is 6.07 Å². The van der Waals surface area contributed by atoms with Gasteiger partial charge >= 0.3 is 12.0 Å². The minimum atomic E-state index is -1.03. The SMILES string of the molecule is Cc1cc(NC(=O)NCCS(C)=O)cc(C(=O)O)c1C. The zero-order valence-electron chi connectivity index (χ0n) is 11.6. The molecule has 0 aliphatic carbocycles. The molecule has 1 aromatic rings. The average Bonchev–Trinajstić information content (AvgIpc) is 2.32. The first-order valence-electron chi connectivity index (χ1n) is 6.00. The van der Waals surface area contributed by atoms with Gasteiger partial charge in [0.05, 0.1) is 5.56 Å². The van der Waals surface area contributed by atoms with Crippen LogP contribution < -0.4 is 10.6 Å². The van der Waals surface area contributed by atoms with Crippen molar-refractivity contribution >= 4 is 28.5 Å². The smallest absolute Gasteiger partial charge is 0.336 e. The average molecular weight is 298 g/mol. The molecule has 1 atom stereocenters. The summed E-state index contributed by atoms with van der Waals surface area (Å²) in [5.41, 5.74) is 2.04. The largest absolute Gasteiger partial charge is 0.478 e. The number of carboxylic acid groups (broad SMARTS) is 1. The lowest BCUT2D eigenvalue weighted by atomic mass is 10.0. The van der Waals surface area contributed by atoms with Crippen molar-refractivity contribution < 1.29 is 18.9 Å². The first-order chi connectivity index (χ1) is 9.31. The summed E-state index contributed by atoms with van der Waals surface area (Å²) in [6, 6.07) is 2.68. The zero-order chi connectivity index (χ0) is 15.3. The highest BCUT2D eigenvalue weighted by molar-refractivity contribution is 7.84.